The lowest BCUT2D eigenvalue weighted by Gasteiger charge is -1.98. The first-order valence-corrected chi connectivity index (χ1v) is 5.80. The van der Waals surface area contributed by atoms with Gasteiger partial charge in [0.1, 0.15) is 5.69 Å². The summed E-state index contributed by atoms with van der Waals surface area (Å²) in [6, 6.07) is 4.52. The topological polar surface area (TPSA) is 63.8 Å². The summed E-state index contributed by atoms with van der Waals surface area (Å²) in [4.78, 5) is 4.25. The molecule has 0 amide bonds. The van der Waals surface area contributed by atoms with E-state index in [0.717, 1.165) is 11.3 Å². The highest BCUT2D eigenvalue weighted by molar-refractivity contribution is 5.51. The number of hydrogen-bond acceptors (Lipinski definition) is 5. The molecule has 2 heterocycles. The van der Waals surface area contributed by atoms with Gasteiger partial charge in [0.25, 0.3) is 5.89 Å². The molecule has 5 nitrogen and oxygen atoms in total. The largest absolute Gasteiger partial charge is 0.418 e. The number of aryl methyl sites for hydroxylation is 1. The Hall–Kier alpha value is -1.75. The summed E-state index contributed by atoms with van der Waals surface area (Å²) in [7, 11) is 0. The van der Waals surface area contributed by atoms with Gasteiger partial charge in [0.05, 0.1) is 6.54 Å². The van der Waals surface area contributed by atoms with Gasteiger partial charge in [0.2, 0.25) is 5.89 Å². The van der Waals surface area contributed by atoms with Gasteiger partial charge in [-0.15, -0.1) is 10.2 Å². The molecule has 0 unspecified atom stereocenters. The van der Waals surface area contributed by atoms with Gasteiger partial charge in [-0.05, 0) is 31.4 Å². The molecule has 0 atom stereocenters. The van der Waals surface area contributed by atoms with E-state index in [1.165, 1.54) is 12.8 Å². The Bertz CT molecular complexity index is 519. The number of rotatable bonds is 4. The first kappa shape index (κ1) is 10.4. The standard InChI is InChI=1S/C12H14N4O/c1-8-3-2-6-13-11(8)12-16-15-10(17-12)7-14-9-4-5-9/h2-3,6,9,14H,4-5,7H2,1H3. The second-order valence-corrected chi connectivity index (χ2v) is 4.33. The number of aromatic nitrogens is 3. The molecule has 88 valence electrons. The van der Waals surface area contributed by atoms with Crippen LogP contribution in [0.4, 0.5) is 0 Å². The maximum Gasteiger partial charge on any atom is 0.266 e. The molecule has 0 aromatic carbocycles. The number of nitrogens with one attached hydrogen (secondary N) is 1. The Balaban J connectivity index is 1.77. The summed E-state index contributed by atoms with van der Waals surface area (Å²) in [5, 5.41) is 11.4. The van der Waals surface area contributed by atoms with Crippen LogP contribution >= 0.6 is 0 Å². The van der Waals surface area contributed by atoms with Crippen LogP contribution in [0.5, 0.6) is 0 Å². The van der Waals surface area contributed by atoms with Crippen molar-refractivity contribution in [2.24, 2.45) is 0 Å². The highest BCUT2D eigenvalue weighted by Crippen LogP contribution is 2.21. The molecular formula is C12H14N4O. The van der Waals surface area contributed by atoms with Crippen LogP contribution in [0.3, 0.4) is 0 Å². The fraction of sp³-hybridized carbons (Fsp3) is 0.417. The molecule has 2 aromatic heterocycles. The average molecular weight is 230 g/mol. The highest BCUT2D eigenvalue weighted by atomic mass is 16.4. The van der Waals surface area contributed by atoms with Gasteiger partial charge < -0.3 is 9.73 Å². The smallest absolute Gasteiger partial charge is 0.266 e. The van der Waals surface area contributed by atoms with E-state index >= 15 is 0 Å². The first-order valence-electron chi connectivity index (χ1n) is 5.80. The highest BCUT2D eigenvalue weighted by Gasteiger charge is 2.21. The molecule has 0 spiro atoms. The minimum Gasteiger partial charge on any atom is -0.418 e. The molecule has 0 aliphatic heterocycles. The van der Waals surface area contributed by atoms with E-state index in [1.807, 2.05) is 19.1 Å². The molecule has 1 fully saturated rings. The van der Waals surface area contributed by atoms with Gasteiger partial charge in [0, 0.05) is 12.2 Å². The van der Waals surface area contributed by atoms with Crippen LogP contribution in [0.15, 0.2) is 22.7 Å². The third-order valence-corrected chi connectivity index (χ3v) is 2.80. The molecule has 0 radical (unpaired) electrons. The summed E-state index contributed by atoms with van der Waals surface area (Å²) in [6.07, 6.45) is 4.23. The first-order chi connectivity index (χ1) is 8.33. The predicted octanol–water partition coefficient (Wildman–Crippen LogP) is 1.69. The van der Waals surface area contributed by atoms with E-state index in [-0.39, 0.29) is 0 Å². The molecule has 17 heavy (non-hydrogen) atoms. The molecule has 1 aliphatic rings. The Morgan fingerprint density at radius 1 is 1.41 bits per heavy atom. The van der Waals surface area contributed by atoms with Crippen LogP contribution in [-0.4, -0.2) is 21.2 Å². The third kappa shape index (κ3) is 2.34. The van der Waals surface area contributed by atoms with Crippen LogP contribution in [0.25, 0.3) is 11.6 Å². The van der Waals surface area contributed by atoms with Crippen LogP contribution in [-0.2, 0) is 6.54 Å². The van der Waals surface area contributed by atoms with Crippen LogP contribution < -0.4 is 5.32 Å². The zero-order chi connectivity index (χ0) is 11.7. The molecule has 1 aliphatic carbocycles. The summed E-state index contributed by atoms with van der Waals surface area (Å²) in [6.45, 7) is 2.62. The Morgan fingerprint density at radius 2 is 2.29 bits per heavy atom. The van der Waals surface area contributed by atoms with Crippen LogP contribution in [0, 0.1) is 6.92 Å². The Morgan fingerprint density at radius 3 is 3.06 bits per heavy atom. The minimum absolute atomic E-state index is 0.496. The van der Waals surface area contributed by atoms with Crippen molar-refractivity contribution in [2.45, 2.75) is 32.4 Å². The van der Waals surface area contributed by atoms with Crippen molar-refractivity contribution >= 4 is 0 Å². The molecular weight excluding hydrogens is 216 g/mol. The van der Waals surface area contributed by atoms with Crippen molar-refractivity contribution in [2.75, 3.05) is 0 Å². The van der Waals surface area contributed by atoms with Crippen molar-refractivity contribution < 1.29 is 4.42 Å². The monoisotopic (exact) mass is 230 g/mol. The van der Waals surface area contributed by atoms with E-state index < -0.39 is 0 Å². The molecule has 0 saturated heterocycles. The molecule has 2 aromatic rings. The summed E-state index contributed by atoms with van der Waals surface area (Å²) in [5.74, 6) is 1.12. The zero-order valence-corrected chi connectivity index (χ0v) is 9.68. The van der Waals surface area contributed by atoms with Gasteiger partial charge >= 0.3 is 0 Å². The van der Waals surface area contributed by atoms with E-state index in [1.54, 1.807) is 6.20 Å². The van der Waals surface area contributed by atoms with Crippen molar-refractivity contribution in [1.82, 2.24) is 20.5 Å². The average Bonchev–Trinajstić information content (AvgIpc) is 3.06. The van der Waals surface area contributed by atoms with Gasteiger partial charge in [-0.3, -0.25) is 4.98 Å². The zero-order valence-electron chi connectivity index (χ0n) is 9.68. The summed E-state index contributed by atoms with van der Waals surface area (Å²) in [5.41, 5.74) is 1.80. The third-order valence-electron chi connectivity index (χ3n) is 2.80. The number of nitrogens with zero attached hydrogens (tertiary/aromatic N) is 3. The van der Waals surface area contributed by atoms with E-state index in [4.69, 9.17) is 4.42 Å². The van der Waals surface area contributed by atoms with Crippen molar-refractivity contribution in [3.8, 4) is 11.6 Å². The maximum absolute atomic E-state index is 5.58. The van der Waals surface area contributed by atoms with Gasteiger partial charge in [-0.2, -0.15) is 0 Å². The fourth-order valence-corrected chi connectivity index (χ4v) is 1.65. The van der Waals surface area contributed by atoms with E-state index in [0.29, 0.717) is 24.4 Å². The van der Waals surface area contributed by atoms with Crippen LogP contribution in [0.1, 0.15) is 24.3 Å². The normalized spacial score (nSPS) is 15.1. The number of pyridine rings is 1. The summed E-state index contributed by atoms with van der Waals surface area (Å²) < 4.78 is 5.58. The second kappa shape index (κ2) is 4.25. The number of hydrogen-bond donors (Lipinski definition) is 1. The summed E-state index contributed by atoms with van der Waals surface area (Å²) >= 11 is 0. The van der Waals surface area contributed by atoms with Crippen molar-refractivity contribution in [1.29, 1.82) is 0 Å². The van der Waals surface area contributed by atoms with Crippen molar-refractivity contribution in [3.63, 3.8) is 0 Å². The molecule has 0 bridgehead atoms. The Kier molecular flexibility index (Phi) is 2.60. The SMILES string of the molecule is Cc1cccnc1-c1nnc(CNC2CC2)o1. The minimum atomic E-state index is 0.496. The Labute approximate surface area is 99.3 Å². The lowest BCUT2D eigenvalue weighted by Crippen LogP contribution is -2.15. The van der Waals surface area contributed by atoms with Gasteiger partial charge in [-0.25, -0.2) is 0 Å². The van der Waals surface area contributed by atoms with Gasteiger partial charge in [0.15, 0.2) is 0 Å². The predicted molar refractivity (Wildman–Crippen MR) is 62.1 cm³/mol. The van der Waals surface area contributed by atoms with Crippen molar-refractivity contribution in [3.05, 3.63) is 29.8 Å². The lowest BCUT2D eigenvalue weighted by atomic mass is 10.2. The lowest BCUT2D eigenvalue weighted by molar-refractivity contribution is 0.475. The molecule has 1 saturated carbocycles. The quantitative estimate of drug-likeness (QED) is 0.866. The van der Waals surface area contributed by atoms with Gasteiger partial charge in [-0.1, -0.05) is 6.07 Å². The second-order valence-electron chi connectivity index (χ2n) is 4.33. The maximum atomic E-state index is 5.58. The molecule has 3 rings (SSSR count). The van der Waals surface area contributed by atoms with E-state index in [9.17, 15) is 0 Å². The molecule has 5 heteroatoms. The molecule has 1 N–H and O–H groups in total. The van der Waals surface area contributed by atoms with Crippen LogP contribution in [0.2, 0.25) is 0 Å². The fourth-order valence-electron chi connectivity index (χ4n) is 1.65. The van der Waals surface area contributed by atoms with E-state index in [2.05, 4.69) is 20.5 Å².